The lowest BCUT2D eigenvalue weighted by molar-refractivity contribution is 0.0973. The highest BCUT2D eigenvalue weighted by Crippen LogP contribution is 2.21. The molecular formula is C22H25N5O5S. The van der Waals surface area contributed by atoms with E-state index in [9.17, 15) is 19.2 Å². The van der Waals surface area contributed by atoms with Crippen molar-refractivity contribution in [3.05, 3.63) is 73.1 Å². The largest absolute Gasteiger partial charge is 0.383 e. The molecule has 0 aliphatic carbocycles. The molecule has 0 radical (unpaired) electrons. The summed E-state index contributed by atoms with van der Waals surface area (Å²) in [7, 11) is 1.47. The molecule has 10 nitrogen and oxygen atoms in total. The fourth-order valence-corrected chi connectivity index (χ4v) is 3.89. The third kappa shape index (κ3) is 5.38. The number of methoxy groups -OCH3 is 1. The number of ether oxygens (including phenoxy) is 1. The number of carbonyl (C=O) groups is 2. The quantitative estimate of drug-likeness (QED) is 0.437. The van der Waals surface area contributed by atoms with Crippen LogP contribution in [0, 0.1) is 0 Å². The second-order valence-corrected chi connectivity index (χ2v) is 8.05. The number of rotatable bonds is 9. The normalized spacial score (nSPS) is 10.7. The smallest absolute Gasteiger partial charge is 0.330 e. The lowest BCUT2D eigenvalue weighted by Gasteiger charge is -2.24. The molecule has 2 aromatic heterocycles. The third-order valence-electron chi connectivity index (χ3n) is 4.81. The second-order valence-electron chi connectivity index (χ2n) is 7.11. The van der Waals surface area contributed by atoms with Gasteiger partial charge in [-0.25, -0.2) is 4.79 Å². The maximum Gasteiger partial charge on any atom is 0.330 e. The highest BCUT2D eigenvalue weighted by Gasteiger charge is 2.25. The molecule has 0 bridgehead atoms. The van der Waals surface area contributed by atoms with E-state index in [4.69, 9.17) is 10.5 Å². The molecule has 0 aliphatic rings. The Bertz CT molecular complexity index is 1250. The number of aromatic nitrogens is 2. The van der Waals surface area contributed by atoms with E-state index in [-0.39, 0.29) is 42.7 Å². The van der Waals surface area contributed by atoms with Crippen LogP contribution in [0.5, 0.6) is 0 Å². The molecule has 3 rings (SSSR count). The molecule has 0 unspecified atom stereocenters. The van der Waals surface area contributed by atoms with Crippen molar-refractivity contribution in [3.63, 3.8) is 0 Å². The Morgan fingerprint density at radius 3 is 2.70 bits per heavy atom. The Morgan fingerprint density at radius 2 is 2.03 bits per heavy atom. The Balaban J connectivity index is 1.99. The summed E-state index contributed by atoms with van der Waals surface area (Å²) in [5.74, 6) is -0.923. The summed E-state index contributed by atoms with van der Waals surface area (Å²) in [6, 6.07) is 9.83. The lowest BCUT2D eigenvalue weighted by Crippen LogP contribution is -2.42. The van der Waals surface area contributed by atoms with E-state index in [0.717, 1.165) is 0 Å². The number of nitrogen functional groups attached to an aromatic ring is 1. The number of aromatic amines is 1. The molecule has 2 amide bonds. The molecule has 1 aromatic carbocycles. The molecule has 2 heterocycles. The summed E-state index contributed by atoms with van der Waals surface area (Å²) in [4.78, 5) is 54.6. The van der Waals surface area contributed by atoms with Gasteiger partial charge in [0.15, 0.2) is 5.69 Å². The number of nitrogens with one attached hydrogen (secondary N) is 2. The first-order valence-corrected chi connectivity index (χ1v) is 11.1. The minimum Gasteiger partial charge on any atom is -0.383 e. The van der Waals surface area contributed by atoms with Crippen LogP contribution < -0.4 is 27.2 Å². The number of thiophene rings is 1. The molecule has 0 fully saturated rings. The van der Waals surface area contributed by atoms with E-state index in [1.54, 1.807) is 35.7 Å². The van der Waals surface area contributed by atoms with Crippen LogP contribution in [0.1, 0.15) is 33.4 Å². The standard InChI is InChI=1S/C22H25N5O5S/c1-3-9-27-18(23)17(20(29)25-22(27)31)26(10-11-32-2)21(30)14-6-4-7-15(13-14)24-19(28)16-8-5-12-33-16/h4-8,12-13H,3,9-11,23H2,1-2H3,(H,24,28)(H,25,29,31). The molecule has 4 N–H and O–H groups in total. The van der Waals surface area contributed by atoms with E-state index in [0.29, 0.717) is 17.0 Å². The highest BCUT2D eigenvalue weighted by molar-refractivity contribution is 7.12. The van der Waals surface area contributed by atoms with Gasteiger partial charge in [0.1, 0.15) is 5.82 Å². The predicted octanol–water partition coefficient (Wildman–Crippen LogP) is 2.14. The Labute approximate surface area is 193 Å². The van der Waals surface area contributed by atoms with Gasteiger partial charge in [0.05, 0.1) is 11.5 Å². The molecule has 174 valence electrons. The molecule has 0 spiro atoms. The zero-order valence-electron chi connectivity index (χ0n) is 18.3. The van der Waals surface area contributed by atoms with Gasteiger partial charge in [0, 0.05) is 31.5 Å². The van der Waals surface area contributed by atoms with Gasteiger partial charge in [0.25, 0.3) is 17.4 Å². The number of amides is 2. The van der Waals surface area contributed by atoms with Crippen LogP contribution in [0.4, 0.5) is 17.2 Å². The Hall–Kier alpha value is -3.70. The average Bonchev–Trinajstić information content (AvgIpc) is 3.33. The van der Waals surface area contributed by atoms with E-state index in [1.165, 1.54) is 34.0 Å². The molecular weight excluding hydrogens is 446 g/mol. The Kier molecular flexibility index (Phi) is 7.80. The van der Waals surface area contributed by atoms with E-state index < -0.39 is 17.2 Å². The van der Waals surface area contributed by atoms with Crippen molar-refractivity contribution in [3.8, 4) is 0 Å². The number of nitrogens with two attached hydrogens (primary N) is 1. The van der Waals surface area contributed by atoms with Crippen molar-refractivity contribution in [1.29, 1.82) is 0 Å². The fourth-order valence-electron chi connectivity index (χ4n) is 3.27. The van der Waals surface area contributed by atoms with Crippen LogP contribution in [0.3, 0.4) is 0 Å². The van der Waals surface area contributed by atoms with Crippen molar-refractivity contribution >= 4 is 40.3 Å². The van der Waals surface area contributed by atoms with Crippen LogP contribution in [0.15, 0.2) is 51.4 Å². The SMILES string of the molecule is CCCn1c(N)c(N(CCOC)C(=O)c2cccc(NC(=O)c3cccs3)c2)c(=O)[nH]c1=O. The molecule has 33 heavy (non-hydrogen) atoms. The van der Waals surface area contributed by atoms with Gasteiger partial charge in [-0.2, -0.15) is 0 Å². The average molecular weight is 472 g/mol. The van der Waals surface area contributed by atoms with Crippen LogP contribution >= 0.6 is 11.3 Å². The minimum absolute atomic E-state index is 0.0265. The number of nitrogens with zero attached hydrogens (tertiary/aromatic N) is 2. The topological polar surface area (TPSA) is 140 Å². The minimum atomic E-state index is -0.767. The van der Waals surface area contributed by atoms with Crippen LogP contribution in [0.2, 0.25) is 0 Å². The summed E-state index contributed by atoms with van der Waals surface area (Å²) >= 11 is 1.30. The molecule has 0 saturated heterocycles. The summed E-state index contributed by atoms with van der Waals surface area (Å²) in [6.07, 6.45) is 0.605. The lowest BCUT2D eigenvalue weighted by atomic mass is 10.1. The van der Waals surface area contributed by atoms with Crippen molar-refractivity contribution < 1.29 is 14.3 Å². The van der Waals surface area contributed by atoms with Crippen LogP contribution in [-0.4, -0.2) is 41.6 Å². The predicted molar refractivity (Wildman–Crippen MR) is 128 cm³/mol. The summed E-state index contributed by atoms with van der Waals surface area (Å²) in [5.41, 5.74) is 5.27. The zero-order valence-corrected chi connectivity index (χ0v) is 19.1. The number of carbonyl (C=O) groups excluding carboxylic acids is 2. The van der Waals surface area contributed by atoms with Crippen molar-refractivity contribution in [1.82, 2.24) is 9.55 Å². The van der Waals surface area contributed by atoms with Crippen LogP contribution in [0.25, 0.3) is 0 Å². The van der Waals surface area contributed by atoms with Gasteiger partial charge in [-0.1, -0.05) is 19.1 Å². The van der Waals surface area contributed by atoms with Crippen molar-refractivity contribution in [2.24, 2.45) is 0 Å². The number of hydrogen-bond donors (Lipinski definition) is 3. The molecule has 3 aromatic rings. The van der Waals surface area contributed by atoms with Gasteiger partial charge < -0.3 is 15.8 Å². The van der Waals surface area contributed by atoms with Gasteiger partial charge in [-0.15, -0.1) is 11.3 Å². The van der Waals surface area contributed by atoms with Gasteiger partial charge in [-0.3, -0.25) is 28.8 Å². The number of anilines is 3. The summed E-state index contributed by atoms with van der Waals surface area (Å²) in [6.45, 7) is 2.30. The van der Waals surface area contributed by atoms with Crippen molar-refractivity contribution in [2.75, 3.05) is 36.2 Å². The third-order valence-corrected chi connectivity index (χ3v) is 5.68. The first-order valence-electron chi connectivity index (χ1n) is 10.3. The van der Waals surface area contributed by atoms with E-state index in [2.05, 4.69) is 10.3 Å². The van der Waals surface area contributed by atoms with Crippen LogP contribution in [-0.2, 0) is 11.3 Å². The highest BCUT2D eigenvalue weighted by atomic mass is 32.1. The van der Waals surface area contributed by atoms with Gasteiger partial charge in [-0.05, 0) is 36.1 Å². The maximum atomic E-state index is 13.4. The van der Waals surface area contributed by atoms with E-state index >= 15 is 0 Å². The maximum absolute atomic E-state index is 13.4. The summed E-state index contributed by atoms with van der Waals surface area (Å²) in [5, 5.41) is 4.55. The molecule has 11 heteroatoms. The zero-order chi connectivity index (χ0) is 24.0. The Morgan fingerprint density at radius 1 is 1.24 bits per heavy atom. The van der Waals surface area contributed by atoms with Gasteiger partial charge in [0.2, 0.25) is 0 Å². The number of benzene rings is 1. The first-order chi connectivity index (χ1) is 15.9. The van der Waals surface area contributed by atoms with Gasteiger partial charge >= 0.3 is 5.69 Å². The number of H-pyrrole nitrogens is 1. The molecule has 0 saturated carbocycles. The first kappa shape index (κ1) is 24.0. The molecule has 0 aliphatic heterocycles. The van der Waals surface area contributed by atoms with E-state index in [1.807, 2.05) is 6.92 Å². The monoisotopic (exact) mass is 471 g/mol. The second kappa shape index (κ2) is 10.7. The van der Waals surface area contributed by atoms with Crippen molar-refractivity contribution in [2.45, 2.75) is 19.9 Å². The molecule has 0 atom stereocenters. The fraction of sp³-hybridized carbons (Fsp3) is 0.273. The summed E-state index contributed by atoms with van der Waals surface area (Å²) < 4.78 is 6.33. The number of hydrogen-bond acceptors (Lipinski definition) is 7.